The van der Waals surface area contributed by atoms with Crippen molar-refractivity contribution in [1.82, 2.24) is 4.98 Å². The summed E-state index contributed by atoms with van der Waals surface area (Å²) in [7, 11) is 1.47. The smallest absolute Gasteiger partial charge is 0.417 e. The van der Waals surface area contributed by atoms with Crippen molar-refractivity contribution in [2.45, 2.75) is 6.18 Å². The summed E-state index contributed by atoms with van der Waals surface area (Å²) < 4.78 is 49.5. The highest BCUT2D eigenvalue weighted by molar-refractivity contribution is 14.1. The largest absolute Gasteiger partial charge is 0.493 e. The van der Waals surface area contributed by atoms with Crippen molar-refractivity contribution in [1.29, 1.82) is 0 Å². The van der Waals surface area contributed by atoms with E-state index in [0.29, 0.717) is 26.3 Å². The molecule has 2 N–H and O–H groups in total. The van der Waals surface area contributed by atoms with E-state index in [-0.39, 0.29) is 18.3 Å². The molecule has 0 fully saturated rings. The molecule has 7 nitrogen and oxygen atoms in total. The van der Waals surface area contributed by atoms with Gasteiger partial charge in [0.25, 0.3) is 5.91 Å². The number of carbonyl (C=O) groups is 1. The van der Waals surface area contributed by atoms with Crippen molar-refractivity contribution in [3.8, 4) is 11.5 Å². The number of halogens is 4. The maximum atomic E-state index is 12.6. The number of nitrogens with zero attached hydrogens (tertiary/aromatic N) is 2. The molecule has 0 saturated heterocycles. The Morgan fingerprint density at radius 1 is 1.18 bits per heavy atom. The van der Waals surface area contributed by atoms with E-state index < -0.39 is 11.7 Å². The number of alkyl halides is 3. The van der Waals surface area contributed by atoms with Gasteiger partial charge >= 0.3 is 6.18 Å². The van der Waals surface area contributed by atoms with Gasteiger partial charge in [0, 0.05) is 11.9 Å². The van der Waals surface area contributed by atoms with Crippen LogP contribution in [0.15, 0.2) is 65.9 Å². The van der Waals surface area contributed by atoms with Crippen LogP contribution in [0, 0.1) is 3.57 Å². The van der Waals surface area contributed by atoms with E-state index in [2.05, 4.69) is 20.8 Å². The monoisotopic (exact) mass is 570 g/mol. The van der Waals surface area contributed by atoms with E-state index in [1.165, 1.54) is 19.4 Å². The Kier molecular flexibility index (Phi) is 8.09. The number of benzene rings is 2. The first-order chi connectivity index (χ1) is 15.8. The molecule has 0 unspecified atom stereocenters. The molecule has 33 heavy (non-hydrogen) atoms. The summed E-state index contributed by atoms with van der Waals surface area (Å²) in [6, 6.07) is 14.5. The van der Waals surface area contributed by atoms with Gasteiger partial charge in [-0.1, -0.05) is 18.2 Å². The first-order valence-electron chi connectivity index (χ1n) is 9.44. The molecule has 0 radical (unpaired) electrons. The molecular formula is C22H18F3IN4O3. The Bertz CT molecular complexity index is 1120. The highest BCUT2D eigenvalue weighted by atomic mass is 127. The minimum Gasteiger partial charge on any atom is -0.493 e. The van der Waals surface area contributed by atoms with E-state index in [4.69, 9.17) is 9.47 Å². The Balaban J connectivity index is 1.62. The van der Waals surface area contributed by atoms with Gasteiger partial charge in [0.05, 0.1) is 22.5 Å². The lowest BCUT2D eigenvalue weighted by molar-refractivity contribution is -0.137. The number of rotatable bonds is 8. The van der Waals surface area contributed by atoms with Crippen LogP contribution in [0.5, 0.6) is 11.5 Å². The normalized spacial score (nSPS) is 11.3. The summed E-state index contributed by atoms with van der Waals surface area (Å²) in [6.45, 7) is -0.212. The molecule has 3 aromatic rings. The Morgan fingerprint density at radius 2 is 1.94 bits per heavy atom. The third-order valence-electron chi connectivity index (χ3n) is 4.14. The number of para-hydroxylation sites is 1. The second-order valence-electron chi connectivity index (χ2n) is 6.54. The molecule has 0 bridgehead atoms. The number of anilines is 2. The molecule has 0 saturated carbocycles. The number of carbonyl (C=O) groups excluding carboxylic acids is 1. The Hall–Kier alpha value is -3.35. The van der Waals surface area contributed by atoms with Crippen molar-refractivity contribution >= 4 is 46.2 Å². The molecule has 0 spiro atoms. The van der Waals surface area contributed by atoms with Crippen molar-refractivity contribution in [2.24, 2.45) is 5.10 Å². The predicted octanol–water partition coefficient (Wildman–Crippen LogP) is 5.18. The molecule has 11 heteroatoms. The highest BCUT2D eigenvalue weighted by Crippen LogP contribution is 2.33. The van der Waals surface area contributed by atoms with E-state index in [9.17, 15) is 18.0 Å². The molecule has 3 rings (SSSR count). The number of hydrogen-bond donors (Lipinski definition) is 2. The van der Waals surface area contributed by atoms with Gasteiger partial charge < -0.3 is 14.8 Å². The number of ether oxygens (including phenoxy) is 2. The van der Waals surface area contributed by atoms with Gasteiger partial charge in [-0.15, -0.1) is 0 Å². The third kappa shape index (κ3) is 7.07. The van der Waals surface area contributed by atoms with Crippen molar-refractivity contribution in [3.05, 3.63) is 75.5 Å². The second-order valence-corrected chi connectivity index (χ2v) is 7.70. The third-order valence-corrected chi connectivity index (χ3v) is 4.94. The standard InChI is InChI=1S/C22H18F3IN4O3/c1-32-18-10-14(11-28-30-19-8-7-15(12-27-19)22(23,24)25)9-17(26)21(18)33-13-20(31)29-16-5-3-2-4-6-16/h2-12H,13H2,1H3,(H,27,30)(H,29,31)/b28-11-. The number of hydrazone groups is 1. The van der Waals surface area contributed by atoms with E-state index in [1.54, 1.807) is 24.3 Å². The van der Waals surface area contributed by atoms with Gasteiger partial charge in [0.2, 0.25) is 0 Å². The van der Waals surface area contributed by atoms with Gasteiger partial charge in [0.15, 0.2) is 18.1 Å². The van der Waals surface area contributed by atoms with Crippen LogP contribution in [0.2, 0.25) is 0 Å². The number of hydrogen-bond acceptors (Lipinski definition) is 6. The fraction of sp³-hybridized carbons (Fsp3) is 0.136. The Labute approximate surface area is 201 Å². The summed E-state index contributed by atoms with van der Waals surface area (Å²) in [5.41, 5.74) is 3.02. The molecule has 1 heterocycles. The minimum atomic E-state index is -4.45. The second kappa shape index (κ2) is 11.0. The lowest BCUT2D eigenvalue weighted by atomic mass is 10.2. The lowest BCUT2D eigenvalue weighted by Crippen LogP contribution is -2.20. The van der Waals surface area contributed by atoms with Gasteiger partial charge in [-0.3, -0.25) is 10.2 Å². The SMILES string of the molecule is COc1cc(/C=N\Nc2ccc(C(F)(F)F)cn2)cc(I)c1OCC(=O)Nc1ccccc1. The van der Waals surface area contributed by atoms with Crippen LogP contribution in [-0.4, -0.2) is 30.8 Å². The van der Waals surface area contributed by atoms with Crippen LogP contribution in [0.3, 0.4) is 0 Å². The van der Waals surface area contributed by atoms with E-state index >= 15 is 0 Å². The van der Waals surface area contributed by atoms with Crippen LogP contribution in [-0.2, 0) is 11.0 Å². The molecular weight excluding hydrogens is 552 g/mol. The van der Waals surface area contributed by atoms with Gasteiger partial charge in [0.1, 0.15) is 5.82 Å². The highest BCUT2D eigenvalue weighted by Gasteiger charge is 2.30. The number of amides is 1. The summed E-state index contributed by atoms with van der Waals surface area (Å²) in [4.78, 5) is 15.8. The summed E-state index contributed by atoms with van der Waals surface area (Å²) in [5.74, 6) is 0.627. The van der Waals surface area contributed by atoms with E-state index in [1.807, 2.05) is 40.8 Å². The van der Waals surface area contributed by atoms with Crippen LogP contribution in [0.4, 0.5) is 24.7 Å². The van der Waals surface area contributed by atoms with Crippen LogP contribution >= 0.6 is 22.6 Å². The van der Waals surface area contributed by atoms with Crippen LogP contribution in [0.25, 0.3) is 0 Å². The van der Waals surface area contributed by atoms with Crippen LogP contribution < -0.4 is 20.2 Å². The number of nitrogens with one attached hydrogen (secondary N) is 2. The fourth-order valence-corrected chi connectivity index (χ4v) is 3.39. The number of aromatic nitrogens is 1. The molecule has 172 valence electrons. The van der Waals surface area contributed by atoms with Crippen molar-refractivity contribution in [3.63, 3.8) is 0 Å². The first-order valence-corrected chi connectivity index (χ1v) is 10.5. The number of pyridine rings is 1. The van der Waals surface area contributed by atoms with Crippen molar-refractivity contribution in [2.75, 3.05) is 24.5 Å². The molecule has 0 aliphatic rings. The lowest BCUT2D eigenvalue weighted by Gasteiger charge is -2.13. The molecule has 1 aromatic heterocycles. The summed E-state index contributed by atoms with van der Waals surface area (Å²) in [5, 5.41) is 6.72. The molecule has 1 amide bonds. The zero-order valence-electron chi connectivity index (χ0n) is 17.2. The maximum Gasteiger partial charge on any atom is 0.417 e. The molecule has 0 aliphatic carbocycles. The van der Waals surface area contributed by atoms with Gasteiger partial charge in [-0.2, -0.15) is 18.3 Å². The summed E-state index contributed by atoms with van der Waals surface area (Å²) >= 11 is 2.04. The van der Waals surface area contributed by atoms with E-state index in [0.717, 1.165) is 12.3 Å². The fourth-order valence-electron chi connectivity index (χ4n) is 2.61. The Morgan fingerprint density at radius 3 is 2.58 bits per heavy atom. The molecule has 2 aromatic carbocycles. The topological polar surface area (TPSA) is 84.8 Å². The zero-order chi connectivity index (χ0) is 23.8. The van der Waals surface area contributed by atoms with Crippen LogP contribution in [0.1, 0.15) is 11.1 Å². The minimum absolute atomic E-state index is 0.158. The van der Waals surface area contributed by atoms with Gasteiger partial charge in [-0.25, -0.2) is 4.98 Å². The first kappa shape index (κ1) is 24.3. The van der Waals surface area contributed by atoms with Gasteiger partial charge in [-0.05, 0) is 64.6 Å². The predicted molar refractivity (Wildman–Crippen MR) is 127 cm³/mol. The maximum absolute atomic E-state index is 12.6. The number of methoxy groups -OCH3 is 1. The average molecular weight is 570 g/mol. The zero-order valence-corrected chi connectivity index (χ0v) is 19.3. The summed E-state index contributed by atoms with van der Waals surface area (Å²) in [6.07, 6.45) is -2.27. The quantitative estimate of drug-likeness (QED) is 0.222. The molecule has 0 aliphatic heterocycles. The molecule has 0 atom stereocenters. The average Bonchev–Trinajstić information content (AvgIpc) is 2.78. The van der Waals surface area contributed by atoms with Crippen molar-refractivity contribution < 1.29 is 27.4 Å².